The molecule has 0 aliphatic carbocycles. The fourth-order valence-electron chi connectivity index (χ4n) is 4.63. The highest BCUT2D eigenvalue weighted by Crippen LogP contribution is 2.26. The molecular weight excluding hydrogens is 421 g/mol. The molecule has 0 saturated carbocycles. The van der Waals surface area contributed by atoms with Crippen molar-refractivity contribution in [2.75, 3.05) is 42.5 Å². The summed E-state index contributed by atoms with van der Waals surface area (Å²) >= 11 is 0. The van der Waals surface area contributed by atoms with E-state index in [9.17, 15) is 9.18 Å². The summed E-state index contributed by atoms with van der Waals surface area (Å²) in [7, 11) is 1.70. The maximum absolute atomic E-state index is 14.3. The molecule has 1 aromatic carbocycles. The van der Waals surface area contributed by atoms with E-state index in [-0.39, 0.29) is 23.2 Å². The molecule has 2 aromatic heterocycles. The molecule has 3 aromatic rings. The number of nitrogens with two attached hydrogens (primary N) is 1. The van der Waals surface area contributed by atoms with Crippen LogP contribution in [0, 0.1) is 5.82 Å². The molecule has 0 amide bonds. The molecule has 5 rings (SSSR count). The third-order valence-corrected chi connectivity index (χ3v) is 6.50. The van der Waals surface area contributed by atoms with Gasteiger partial charge in [0.05, 0.1) is 11.9 Å². The van der Waals surface area contributed by atoms with E-state index in [0.29, 0.717) is 24.7 Å². The van der Waals surface area contributed by atoms with E-state index in [2.05, 4.69) is 49.4 Å². The zero-order chi connectivity index (χ0) is 22.9. The number of nitrogens with zero attached hydrogens (tertiary/aromatic N) is 5. The summed E-state index contributed by atoms with van der Waals surface area (Å²) in [5.41, 5.74) is 8.77. The first-order valence-electron chi connectivity index (χ1n) is 11.3. The van der Waals surface area contributed by atoms with Gasteiger partial charge < -0.3 is 20.9 Å². The molecular formula is C24H28FN7O. The van der Waals surface area contributed by atoms with E-state index in [4.69, 9.17) is 5.73 Å². The molecule has 0 radical (unpaired) electrons. The molecule has 4 heterocycles. The predicted molar refractivity (Wildman–Crippen MR) is 127 cm³/mol. The van der Waals surface area contributed by atoms with Crippen LogP contribution in [0.15, 0.2) is 53.6 Å². The van der Waals surface area contributed by atoms with Crippen molar-refractivity contribution >= 4 is 11.6 Å². The molecule has 2 fully saturated rings. The first-order valence-corrected chi connectivity index (χ1v) is 11.3. The van der Waals surface area contributed by atoms with Crippen molar-refractivity contribution in [3.05, 3.63) is 70.5 Å². The number of pyridine rings is 1. The molecule has 2 saturated heterocycles. The molecule has 2 atom stereocenters. The van der Waals surface area contributed by atoms with Crippen LogP contribution in [0.2, 0.25) is 0 Å². The summed E-state index contributed by atoms with van der Waals surface area (Å²) in [4.78, 5) is 25.5. The van der Waals surface area contributed by atoms with Crippen LogP contribution in [0.4, 0.5) is 16.0 Å². The standard InChI is InChI=1S/C24H28FN7O/c1-30-23(33)12-21(19-6-8-27-13-20(19)25)29-24(30)32-11-9-28-22(15-32)16-2-4-18(5-3-16)31-10-7-17(26)14-31/h2-6,8,12-13,17,22,28H,7,9-11,14-15,26H2,1H3/t17-,22+/m0/s1. The van der Waals surface area contributed by atoms with Crippen molar-refractivity contribution in [3.8, 4) is 11.3 Å². The Hall–Kier alpha value is -3.30. The second-order valence-electron chi connectivity index (χ2n) is 8.73. The number of aromatic nitrogens is 3. The minimum absolute atomic E-state index is 0.0897. The van der Waals surface area contributed by atoms with Gasteiger partial charge in [0, 0.05) is 75.4 Å². The summed E-state index contributed by atoms with van der Waals surface area (Å²) in [6.07, 6.45) is 3.65. The van der Waals surface area contributed by atoms with Crippen LogP contribution in [0.25, 0.3) is 11.3 Å². The molecule has 2 aliphatic rings. The molecule has 0 unspecified atom stereocenters. The van der Waals surface area contributed by atoms with Gasteiger partial charge in [0.2, 0.25) is 5.95 Å². The van der Waals surface area contributed by atoms with Crippen LogP contribution in [0.5, 0.6) is 0 Å². The average Bonchev–Trinajstić information content (AvgIpc) is 3.27. The van der Waals surface area contributed by atoms with Crippen molar-refractivity contribution in [3.63, 3.8) is 0 Å². The highest BCUT2D eigenvalue weighted by atomic mass is 19.1. The van der Waals surface area contributed by atoms with Gasteiger partial charge in [0.15, 0.2) is 5.82 Å². The van der Waals surface area contributed by atoms with Crippen molar-refractivity contribution in [2.24, 2.45) is 12.8 Å². The Morgan fingerprint density at radius 1 is 1.12 bits per heavy atom. The first kappa shape index (κ1) is 21.5. The van der Waals surface area contributed by atoms with Gasteiger partial charge in [-0.15, -0.1) is 0 Å². The Balaban J connectivity index is 1.39. The Morgan fingerprint density at radius 3 is 2.67 bits per heavy atom. The number of piperazine rings is 1. The third-order valence-electron chi connectivity index (χ3n) is 6.50. The Bertz CT molecular complexity index is 1200. The summed E-state index contributed by atoms with van der Waals surface area (Å²) in [5.74, 6) is 0.0318. The lowest BCUT2D eigenvalue weighted by Crippen LogP contribution is -2.47. The molecule has 3 N–H and O–H groups in total. The van der Waals surface area contributed by atoms with Crippen LogP contribution in [-0.4, -0.2) is 53.3 Å². The number of rotatable bonds is 4. The van der Waals surface area contributed by atoms with Crippen molar-refractivity contribution in [1.29, 1.82) is 0 Å². The molecule has 172 valence electrons. The summed E-state index contributed by atoms with van der Waals surface area (Å²) in [6.45, 7) is 3.98. The van der Waals surface area contributed by atoms with E-state index >= 15 is 0 Å². The molecule has 9 heteroatoms. The Kier molecular flexibility index (Phi) is 5.82. The van der Waals surface area contributed by atoms with Crippen LogP contribution < -0.4 is 26.4 Å². The summed E-state index contributed by atoms with van der Waals surface area (Å²) in [6, 6.07) is 11.8. The number of hydrogen-bond donors (Lipinski definition) is 2. The highest BCUT2D eigenvalue weighted by Gasteiger charge is 2.25. The predicted octanol–water partition coefficient (Wildman–Crippen LogP) is 1.67. The monoisotopic (exact) mass is 449 g/mol. The van der Waals surface area contributed by atoms with Gasteiger partial charge in [-0.3, -0.25) is 14.3 Å². The minimum Gasteiger partial charge on any atom is -0.370 e. The molecule has 0 spiro atoms. The molecule has 2 aliphatic heterocycles. The fourth-order valence-corrected chi connectivity index (χ4v) is 4.63. The highest BCUT2D eigenvalue weighted by molar-refractivity contribution is 5.60. The third kappa shape index (κ3) is 4.34. The van der Waals surface area contributed by atoms with Crippen LogP contribution in [-0.2, 0) is 7.05 Å². The van der Waals surface area contributed by atoms with Crippen molar-refractivity contribution in [2.45, 2.75) is 18.5 Å². The van der Waals surface area contributed by atoms with E-state index in [1.807, 2.05) is 0 Å². The number of hydrogen-bond acceptors (Lipinski definition) is 7. The van der Waals surface area contributed by atoms with Crippen LogP contribution >= 0.6 is 0 Å². The lowest BCUT2D eigenvalue weighted by molar-refractivity contribution is 0.462. The minimum atomic E-state index is -0.499. The molecule has 8 nitrogen and oxygen atoms in total. The maximum atomic E-state index is 14.3. The number of anilines is 2. The molecule has 0 bridgehead atoms. The first-order chi connectivity index (χ1) is 16.0. The Morgan fingerprint density at radius 2 is 1.94 bits per heavy atom. The smallest absolute Gasteiger partial charge is 0.255 e. The Labute approximate surface area is 191 Å². The van der Waals surface area contributed by atoms with Gasteiger partial charge in [-0.25, -0.2) is 9.37 Å². The van der Waals surface area contributed by atoms with E-state index < -0.39 is 5.82 Å². The van der Waals surface area contributed by atoms with Crippen LogP contribution in [0.3, 0.4) is 0 Å². The van der Waals surface area contributed by atoms with Gasteiger partial charge in [-0.2, -0.15) is 0 Å². The van der Waals surface area contributed by atoms with Gasteiger partial charge >= 0.3 is 0 Å². The summed E-state index contributed by atoms with van der Waals surface area (Å²) in [5, 5.41) is 3.56. The number of halogens is 1. The lowest BCUT2D eigenvalue weighted by Gasteiger charge is -2.35. The second-order valence-corrected chi connectivity index (χ2v) is 8.73. The quantitative estimate of drug-likeness (QED) is 0.626. The van der Waals surface area contributed by atoms with E-state index in [1.54, 1.807) is 7.05 Å². The number of benzene rings is 1. The second kappa shape index (κ2) is 8.92. The van der Waals surface area contributed by atoms with Gasteiger partial charge in [0.1, 0.15) is 0 Å². The molecule has 33 heavy (non-hydrogen) atoms. The average molecular weight is 450 g/mol. The fraction of sp³-hybridized carbons (Fsp3) is 0.375. The van der Waals surface area contributed by atoms with Gasteiger partial charge in [0.25, 0.3) is 5.56 Å². The zero-order valence-electron chi connectivity index (χ0n) is 18.6. The van der Waals surface area contributed by atoms with E-state index in [1.165, 1.54) is 34.1 Å². The van der Waals surface area contributed by atoms with Crippen molar-refractivity contribution in [1.82, 2.24) is 19.9 Å². The van der Waals surface area contributed by atoms with Crippen molar-refractivity contribution < 1.29 is 4.39 Å². The zero-order valence-corrected chi connectivity index (χ0v) is 18.6. The number of nitrogens with one attached hydrogen (secondary N) is 1. The lowest BCUT2D eigenvalue weighted by atomic mass is 10.0. The largest absolute Gasteiger partial charge is 0.370 e. The topological polar surface area (TPSA) is 92.3 Å². The SMILES string of the molecule is Cn1c(N2CCN[C@@H](c3ccc(N4CC[C@H](N)C4)cc3)C2)nc(-c2ccncc2F)cc1=O. The van der Waals surface area contributed by atoms with Gasteiger partial charge in [-0.05, 0) is 30.2 Å². The van der Waals surface area contributed by atoms with Crippen LogP contribution in [0.1, 0.15) is 18.0 Å². The summed E-state index contributed by atoms with van der Waals surface area (Å²) < 4.78 is 15.8. The van der Waals surface area contributed by atoms with Gasteiger partial charge in [-0.1, -0.05) is 12.1 Å². The van der Waals surface area contributed by atoms with E-state index in [0.717, 1.165) is 32.3 Å². The maximum Gasteiger partial charge on any atom is 0.255 e. The normalized spacial score (nSPS) is 20.9.